The van der Waals surface area contributed by atoms with Gasteiger partial charge in [0.05, 0.1) is 0 Å². The Morgan fingerprint density at radius 3 is 2.22 bits per heavy atom. The first-order chi connectivity index (χ1) is 4.33. The van der Waals surface area contributed by atoms with E-state index < -0.39 is 0 Å². The molecule has 0 saturated carbocycles. The first kappa shape index (κ1) is 6.04. The minimum Gasteiger partial charge on any atom is -0.313 e. The van der Waals surface area contributed by atoms with Gasteiger partial charge in [0.15, 0.2) is 0 Å². The molecule has 3 N–H and O–H groups in total. The first-order valence-electron chi connectivity index (χ1n) is 2.51. The highest BCUT2D eigenvalue weighted by atomic mass is 19.1. The second kappa shape index (κ2) is 2.46. The van der Waals surface area contributed by atoms with Crippen LogP contribution in [-0.2, 0) is 0 Å². The molecule has 0 fully saturated rings. The van der Waals surface area contributed by atoms with Gasteiger partial charge in [0.25, 0.3) is 0 Å². The standard InChI is InChI=1S/C6H6FNO/c7-5-1-3-6(8-9)4-2-5/h1-4,8-9H/p+1. The zero-order valence-electron chi connectivity index (χ0n) is 4.69. The van der Waals surface area contributed by atoms with Crippen LogP contribution in [0.1, 0.15) is 0 Å². The van der Waals surface area contributed by atoms with Crippen LogP contribution in [0.4, 0.5) is 10.1 Å². The third-order valence-corrected chi connectivity index (χ3v) is 0.989. The molecule has 3 heteroatoms. The fourth-order valence-electron chi connectivity index (χ4n) is 0.533. The van der Waals surface area contributed by atoms with Crippen molar-refractivity contribution in [3.8, 4) is 0 Å². The number of benzene rings is 1. The van der Waals surface area contributed by atoms with E-state index in [1.54, 1.807) is 0 Å². The minimum atomic E-state index is -0.283. The van der Waals surface area contributed by atoms with Crippen molar-refractivity contribution >= 4 is 5.69 Å². The molecule has 0 heterocycles. The summed E-state index contributed by atoms with van der Waals surface area (Å²) in [6.45, 7) is 0. The summed E-state index contributed by atoms with van der Waals surface area (Å²) < 4.78 is 12.1. The summed E-state index contributed by atoms with van der Waals surface area (Å²) in [4.78, 5) is 0. The van der Waals surface area contributed by atoms with E-state index >= 15 is 0 Å². The van der Waals surface area contributed by atoms with Crippen LogP contribution in [0.5, 0.6) is 0 Å². The normalized spacial score (nSPS) is 9.11. The SMILES string of the molecule is [OH2+]Nc1ccc(F)cc1. The predicted octanol–water partition coefficient (Wildman–Crippen LogP) is 0.877. The Morgan fingerprint density at radius 2 is 1.78 bits per heavy atom. The molecular weight excluding hydrogens is 121 g/mol. The fourth-order valence-corrected chi connectivity index (χ4v) is 0.533. The van der Waals surface area contributed by atoms with Crippen LogP contribution >= 0.6 is 0 Å². The van der Waals surface area contributed by atoms with E-state index in [1.165, 1.54) is 24.3 Å². The van der Waals surface area contributed by atoms with Crippen molar-refractivity contribution in [1.29, 1.82) is 0 Å². The molecule has 0 spiro atoms. The zero-order valence-corrected chi connectivity index (χ0v) is 4.69. The lowest BCUT2D eigenvalue weighted by Gasteiger charge is -1.91. The fraction of sp³-hybridized carbons (Fsp3) is 0. The van der Waals surface area contributed by atoms with Crippen LogP contribution in [0.15, 0.2) is 24.3 Å². The monoisotopic (exact) mass is 128 g/mol. The Kier molecular flexibility index (Phi) is 1.65. The van der Waals surface area contributed by atoms with Crippen molar-refractivity contribution in [2.75, 3.05) is 5.48 Å². The van der Waals surface area contributed by atoms with Gasteiger partial charge in [-0.1, -0.05) is 0 Å². The second-order valence-electron chi connectivity index (χ2n) is 1.63. The van der Waals surface area contributed by atoms with Gasteiger partial charge in [-0.2, -0.15) is 5.48 Å². The summed E-state index contributed by atoms with van der Waals surface area (Å²) in [6.07, 6.45) is 0. The van der Waals surface area contributed by atoms with Gasteiger partial charge < -0.3 is 5.21 Å². The van der Waals surface area contributed by atoms with Gasteiger partial charge in [-0.05, 0) is 24.3 Å². The van der Waals surface area contributed by atoms with Gasteiger partial charge in [-0.15, -0.1) is 0 Å². The Morgan fingerprint density at radius 1 is 1.22 bits per heavy atom. The van der Waals surface area contributed by atoms with Crippen molar-refractivity contribution in [2.45, 2.75) is 0 Å². The Bertz CT molecular complexity index is 185. The molecule has 0 saturated heterocycles. The third kappa shape index (κ3) is 1.40. The third-order valence-electron chi connectivity index (χ3n) is 0.989. The van der Waals surface area contributed by atoms with E-state index in [4.69, 9.17) is 5.21 Å². The van der Waals surface area contributed by atoms with Gasteiger partial charge in [0, 0.05) is 0 Å². The Balaban J connectivity index is 2.88. The van der Waals surface area contributed by atoms with Crippen molar-refractivity contribution in [3.63, 3.8) is 0 Å². The maximum atomic E-state index is 12.1. The van der Waals surface area contributed by atoms with Gasteiger partial charge in [-0.25, -0.2) is 4.39 Å². The molecule has 0 amide bonds. The van der Waals surface area contributed by atoms with E-state index in [1.807, 2.05) is 0 Å². The van der Waals surface area contributed by atoms with Crippen LogP contribution < -0.4 is 5.48 Å². The smallest absolute Gasteiger partial charge is 0.123 e. The van der Waals surface area contributed by atoms with Crippen LogP contribution in [0, 0.1) is 5.82 Å². The average molecular weight is 128 g/mol. The van der Waals surface area contributed by atoms with Crippen LogP contribution in [0.2, 0.25) is 0 Å². The lowest BCUT2D eigenvalue weighted by molar-refractivity contribution is 0.389. The summed E-state index contributed by atoms with van der Waals surface area (Å²) in [5.74, 6) is -0.283. The molecule has 0 aliphatic heterocycles. The second-order valence-corrected chi connectivity index (χ2v) is 1.63. The molecule has 0 radical (unpaired) electrons. The first-order valence-corrected chi connectivity index (χ1v) is 2.51. The van der Waals surface area contributed by atoms with E-state index in [0.29, 0.717) is 5.69 Å². The summed E-state index contributed by atoms with van der Waals surface area (Å²) in [7, 11) is 0. The van der Waals surface area contributed by atoms with E-state index in [-0.39, 0.29) is 5.82 Å². The van der Waals surface area contributed by atoms with E-state index in [9.17, 15) is 4.39 Å². The Labute approximate surface area is 51.9 Å². The predicted molar refractivity (Wildman–Crippen MR) is 33.6 cm³/mol. The number of rotatable bonds is 1. The number of hydrogen-bond acceptors (Lipinski definition) is 1. The molecule has 0 atom stereocenters. The Hall–Kier alpha value is -1.09. The van der Waals surface area contributed by atoms with Gasteiger partial charge in [0.2, 0.25) is 0 Å². The highest BCUT2D eigenvalue weighted by molar-refractivity contribution is 5.39. The molecule has 0 aliphatic carbocycles. The summed E-state index contributed by atoms with van der Waals surface area (Å²) in [6, 6.07) is 5.61. The summed E-state index contributed by atoms with van der Waals surface area (Å²) >= 11 is 0. The van der Waals surface area contributed by atoms with Crippen molar-refractivity contribution in [2.24, 2.45) is 0 Å². The van der Waals surface area contributed by atoms with Crippen molar-refractivity contribution in [1.82, 2.24) is 0 Å². The molecule has 0 unspecified atom stereocenters. The minimum absolute atomic E-state index is 0.283. The molecule has 9 heavy (non-hydrogen) atoms. The quantitative estimate of drug-likeness (QED) is 0.442. The molecule has 0 aliphatic rings. The number of nitrogens with one attached hydrogen (secondary N) is 1. The van der Waals surface area contributed by atoms with Gasteiger partial charge in [0.1, 0.15) is 11.5 Å². The lowest BCUT2D eigenvalue weighted by atomic mass is 10.3. The van der Waals surface area contributed by atoms with E-state index in [2.05, 4.69) is 5.48 Å². The van der Waals surface area contributed by atoms with Crippen molar-refractivity contribution in [3.05, 3.63) is 30.1 Å². The highest BCUT2D eigenvalue weighted by Gasteiger charge is 1.89. The zero-order chi connectivity index (χ0) is 6.69. The number of halogens is 1. The van der Waals surface area contributed by atoms with Crippen LogP contribution in [0.25, 0.3) is 0 Å². The largest absolute Gasteiger partial charge is 0.313 e. The van der Waals surface area contributed by atoms with E-state index in [0.717, 1.165) is 0 Å². The molecule has 48 valence electrons. The van der Waals surface area contributed by atoms with Gasteiger partial charge >= 0.3 is 0 Å². The van der Waals surface area contributed by atoms with Crippen molar-refractivity contribution < 1.29 is 9.60 Å². The van der Waals surface area contributed by atoms with Crippen LogP contribution in [0.3, 0.4) is 0 Å². The molecule has 0 aromatic heterocycles. The molecule has 1 rings (SSSR count). The maximum Gasteiger partial charge on any atom is 0.123 e. The summed E-state index contributed by atoms with van der Waals surface area (Å²) in [5.41, 5.74) is 2.73. The molecule has 2 nitrogen and oxygen atoms in total. The van der Waals surface area contributed by atoms with Gasteiger partial charge in [-0.3, -0.25) is 0 Å². The lowest BCUT2D eigenvalue weighted by Crippen LogP contribution is -1.87. The number of anilines is 1. The summed E-state index contributed by atoms with van der Waals surface area (Å²) in [5, 5.41) is 6.64. The topological polar surface area (TPSA) is 34.9 Å². The highest BCUT2D eigenvalue weighted by Crippen LogP contribution is 2.05. The molecular formula is C6H7FNO+. The number of hydrogen-bond donors (Lipinski definition) is 1. The molecule has 1 aromatic rings. The van der Waals surface area contributed by atoms with Crippen LogP contribution in [-0.4, -0.2) is 5.21 Å². The molecule has 0 bridgehead atoms. The maximum absolute atomic E-state index is 12.1. The average Bonchev–Trinajstić information content (AvgIpc) is 1.90. The molecule has 1 aromatic carbocycles.